The molecule has 0 bridgehead atoms. The molecule has 1 aliphatic heterocycles. The zero-order valence-corrected chi connectivity index (χ0v) is 5.99. The van der Waals surface area contributed by atoms with Crippen molar-refractivity contribution in [3.8, 4) is 0 Å². The van der Waals surface area contributed by atoms with Crippen LogP contribution in [0, 0.1) is 0 Å². The van der Waals surface area contributed by atoms with Gasteiger partial charge in [0.15, 0.2) is 0 Å². The molecule has 0 saturated heterocycles. The summed E-state index contributed by atoms with van der Waals surface area (Å²) in [6.07, 6.45) is 1.98. The summed E-state index contributed by atoms with van der Waals surface area (Å²) >= 11 is 1.40. The van der Waals surface area contributed by atoms with Crippen LogP contribution in [0.1, 0.15) is 19.8 Å². The van der Waals surface area contributed by atoms with Crippen LogP contribution in [0.3, 0.4) is 0 Å². The maximum absolute atomic E-state index is 10.2. The van der Waals surface area contributed by atoms with Gasteiger partial charge in [-0.2, -0.15) is 0 Å². The van der Waals surface area contributed by atoms with Crippen molar-refractivity contribution in [2.24, 2.45) is 0 Å². The number of hydrogen-bond acceptors (Lipinski definition) is 2. The van der Waals surface area contributed by atoms with Crippen LogP contribution >= 0.6 is 11.8 Å². The Bertz CT molecular complexity index is 172. The van der Waals surface area contributed by atoms with Gasteiger partial charge in [0.2, 0.25) is 0 Å². The molecule has 0 aromatic rings. The van der Waals surface area contributed by atoms with Crippen molar-refractivity contribution < 1.29 is 9.90 Å². The summed E-state index contributed by atoms with van der Waals surface area (Å²) in [7, 11) is 0. The van der Waals surface area contributed by atoms with Gasteiger partial charge in [0.1, 0.15) is 4.91 Å². The molecule has 1 aliphatic rings. The SMILES string of the molecule is CCCC1=C(C(=O)O)S1. The minimum atomic E-state index is -0.761. The van der Waals surface area contributed by atoms with Crippen molar-refractivity contribution in [3.63, 3.8) is 0 Å². The standard InChI is InChI=1S/C6H8O2S/c1-2-3-4-5(9-4)6(7)8/h2-3H2,1H3,(H,7,8). The molecular formula is C6H8O2S. The molecule has 0 unspecified atom stereocenters. The van der Waals surface area contributed by atoms with Crippen LogP contribution in [0.25, 0.3) is 0 Å². The summed E-state index contributed by atoms with van der Waals surface area (Å²) in [6.45, 7) is 2.05. The summed E-state index contributed by atoms with van der Waals surface area (Å²) in [5.74, 6) is -0.761. The zero-order valence-electron chi connectivity index (χ0n) is 5.18. The van der Waals surface area contributed by atoms with Gasteiger partial charge in [0, 0.05) is 4.91 Å². The Morgan fingerprint density at radius 1 is 1.78 bits per heavy atom. The summed E-state index contributed by atoms with van der Waals surface area (Å²) < 4.78 is 0. The molecule has 0 aliphatic carbocycles. The highest BCUT2D eigenvalue weighted by molar-refractivity contribution is 8.14. The minimum absolute atomic E-state index is 0.567. The van der Waals surface area contributed by atoms with E-state index in [9.17, 15) is 4.79 Å². The number of carboxylic acid groups (broad SMARTS) is 1. The van der Waals surface area contributed by atoms with Crippen LogP contribution in [0.5, 0.6) is 0 Å². The lowest BCUT2D eigenvalue weighted by Crippen LogP contribution is -1.86. The van der Waals surface area contributed by atoms with Gasteiger partial charge in [-0.25, -0.2) is 4.79 Å². The van der Waals surface area contributed by atoms with E-state index < -0.39 is 5.97 Å². The molecule has 0 aromatic heterocycles. The number of carboxylic acids is 1. The summed E-state index contributed by atoms with van der Waals surface area (Å²) in [5.41, 5.74) is 0. The van der Waals surface area contributed by atoms with E-state index >= 15 is 0 Å². The largest absolute Gasteiger partial charge is 0.477 e. The molecule has 0 atom stereocenters. The lowest BCUT2D eigenvalue weighted by molar-refractivity contribution is -0.131. The third-order valence-electron chi connectivity index (χ3n) is 1.11. The van der Waals surface area contributed by atoms with E-state index in [1.165, 1.54) is 11.8 Å². The molecule has 0 aromatic carbocycles. The molecule has 1 N–H and O–H groups in total. The van der Waals surface area contributed by atoms with Crippen molar-refractivity contribution in [2.75, 3.05) is 0 Å². The smallest absolute Gasteiger partial charge is 0.343 e. The molecule has 0 amide bonds. The lowest BCUT2D eigenvalue weighted by atomic mass is 10.3. The Morgan fingerprint density at radius 2 is 2.44 bits per heavy atom. The lowest BCUT2D eigenvalue weighted by Gasteiger charge is -1.77. The van der Waals surface area contributed by atoms with Gasteiger partial charge in [0.25, 0.3) is 0 Å². The first-order chi connectivity index (χ1) is 4.25. The Kier molecular flexibility index (Phi) is 1.81. The zero-order chi connectivity index (χ0) is 6.85. The van der Waals surface area contributed by atoms with Crippen LogP contribution < -0.4 is 0 Å². The van der Waals surface area contributed by atoms with Gasteiger partial charge >= 0.3 is 5.97 Å². The van der Waals surface area contributed by atoms with Gasteiger partial charge in [-0.1, -0.05) is 25.1 Å². The second kappa shape index (κ2) is 2.43. The Morgan fingerprint density at radius 3 is 2.78 bits per heavy atom. The second-order valence-corrected chi connectivity index (χ2v) is 3.01. The van der Waals surface area contributed by atoms with Gasteiger partial charge in [-0.3, -0.25) is 0 Å². The molecule has 1 rings (SSSR count). The van der Waals surface area contributed by atoms with E-state index in [-0.39, 0.29) is 0 Å². The predicted octanol–water partition coefficient (Wildman–Crippen LogP) is 1.83. The molecule has 0 saturated carbocycles. The molecule has 9 heavy (non-hydrogen) atoms. The van der Waals surface area contributed by atoms with Crippen molar-refractivity contribution in [1.29, 1.82) is 0 Å². The average molecular weight is 144 g/mol. The molecule has 0 radical (unpaired) electrons. The first kappa shape index (κ1) is 6.68. The fraction of sp³-hybridized carbons (Fsp3) is 0.500. The number of hydrogen-bond donors (Lipinski definition) is 1. The normalized spacial score (nSPS) is 16.1. The second-order valence-electron chi connectivity index (χ2n) is 1.91. The third kappa shape index (κ3) is 1.48. The van der Waals surface area contributed by atoms with E-state index in [1.54, 1.807) is 0 Å². The molecule has 1 heterocycles. The van der Waals surface area contributed by atoms with E-state index in [2.05, 4.69) is 0 Å². The number of allylic oxidation sites excluding steroid dienone is 1. The quantitative estimate of drug-likeness (QED) is 0.656. The van der Waals surface area contributed by atoms with Crippen molar-refractivity contribution in [3.05, 3.63) is 9.81 Å². The van der Waals surface area contributed by atoms with Gasteiger partial charge < -0.3 is 5.11 Å². The number of thioether (sulfide) groups is 1. The van der Waals surface area contributed by atoms with E-state index in [0.29, 0.717) is 4.91 Å². The minimum Gasteiger partial charge on any atom is -0.477 e. The monoisotopic (exact) mass is 144 g/mol. The number of carbonyl (C=O) groups is 1. The molecule has 0 fully saturated rings. The Hall–Kier alpha value is -0.440. The maximum atomic E-state index is 10.2. The highest BCUT2D eigenvalue weighted by atomic mass is 32.2. The maximum Gasteiger partial charge on any atom is 0.343 e. The van der Waals surface area contributed by atoms with Crippen molar-refractivity contribution in [2.45, 2.75) is 19.8 Å². The summed E-state index contributed by atoms with van der Waals surface area (Å²) in [6, 6.07) is 0. The third-order valence-corrected chi connectivity index (χ3v) is 2.18. The van der Waals surface area contributed by atoms with Gasteiger partial charge in [-0.05, 0) is 6.42 Å². The van der Waals surface area contributed by atoms with E-state index in [1.807, 2.05) is 6.92 Å². The van der Waals surface area contributed by atoms with Crippen LogP contribution in [0.4, 0.5) is 0 Å². The molecule has 50 valence electrons. The first-order valence-electron chi connectivity index (χ1n) is 2.90. The molecule has 2 nitrogen and oxygen atoms in total. The summed E-state index contributed by atoms with van der Waals surface area (Å²) in [4.78, 5) is 11.8. The fourth-order valence-corrected chi connectivity index (χ4v) is 1.43. The topological polar surface area (TPSA) is 37.3 Å². The van der Waals surface area contributed by atoms with Crippen LogP contribution in [0.15, 0.2) is 9.81 Å². The predicted molar refractivity (Wildman–Crippen MR) is 37.2 cm³/mol. The molecular weight excluding hydrogens is 136 g/mol. The average Bonchev–Trinajstić information content (AvgIpc) is 2.47. The van der Waals surface area contributed by atoms with Gasteiger partial charge in [-0.15, -0.1) is 0 Å². The Balaban J connectivity index is 2.40. The van der Waals surface area contributed by atoms with Crippen LogP contribution in [0.2, 0.25) is 0 Å². The number of rotatable bonds is 3. The molecule has 0 spiro atoms. The first-order valence-corrected chi connectivity index (χ1v) is 3.71. The fourth-order valence-electron chi connectivity index (χ4n) is 0.652. The van der Waals surface area contributed by atoms with E-state index in [4.69, 9.17) is 5.11 Å². The van der Waals surface area contributed by atoms with Crippen molar-refractivity contribution >= 4 is 17.7 Å². The Labute approximate surface area is 57.9 Å². The summed E-state index contributed by atoms with van der Waals surface area (Å²) in [5, 5.41) is 8.37. The van der Waals surface area contributed by atoms with E-state index in [0.717, 1.165) is 17.7 Å². The van der Waals surface area contributed by atoms with Gasteiger partial charge in [0.05, 0.1) is 0 Å². The van der Waals surface area contributed by atoms with Crippen molar-refractivity contribution in [1.82, 2.24) is 0 Å². The van der Waals surface area contributed by atoms with Crippen LogP contribution in [-0.2, 0) is 4.79 Å². The highest BCUT2D eigenvalue weighted by Crippen LogP contribution is 2.47. The number of aliphatic carboxylic acids is 1. The highest BCUT2D eigenvalue weighted by Gasteiger charge is 2.27. The molecule has 3 heteroatoms. The van der Waals surface area contributed by atoms with Crippen LogP contribution in [-0.4, -0.2) is 11.1 Å².